The van der Waals surface area contributed by atoms with Crippen LogP contribution in [0.15, 0.2) is 27.6 Å². The van der Waals surface area contributed by atoms with Crippen LogP contribution in [0.25, 0.3) is 0 Å². The van der Waals surface area contributed by atoms with E-state index in [9.17, 15) is 13.5 Å². The Morgan fingerprint density at radius 1 is 1.42 bits per heavy atom. The summed E-state index contributed by atoms with van der Waals surface area (Å²) in [5.41, 5.74) is 0. The van der Waals surface area contributed by atoms with Crippen LogP contribution in [0.5, 0.6) is 0 Å². The van der Waals surface area contributed by atoms with E-state index < -0.39 is 16.1 Å². The Balaban J connectivity index is 2.97. The fourth-order valence-corrected chi connectivity index (χ4v) is 3.98. The number of sulfonamides is 1. The van der Waals surface area contributed by atoms with Crippen molar-refractivity contribution in [2.24, 2.45) is 5.92 Å². The van der Waals surface area contributed by atoms with Crippen LogP contribution in [0, 0.1) is 5.92 Å². The van der Waals surface area contributed by atoms with Crippen LogP contribution >= 0.6 is 27.5 Å². The maximum absolute atomic E-state index is 12.2. The third-order valence-corrected chi connectivity index (χ3v) is 4.98. The number of nitrogens with one attached hydrogen (secondary N) is 1. The van der Waals surface area contributed by atoms with Gasteiger partial charge in [-0.2, -0.15) is 0 Å². The second-order valence-electron chi connectivity index (χ2n) is 4.71. The number of hydrogen-bond acceptors (Lipinski definition) is 3. The van der Waals surface area contributed by atoms with Gasteiger partial charge in [0.05, 0.1) is 11.6 Å². The average molecular weight is 371 g/mol. The van der Waals surface area contributed by atoms with Crippen molar-refractivity contribution < 1.29 is 13.5 Å². The summed E-state index contributed by atoms with van der Waals surface area (Å²) < 4.78 is 27.6. The second kappa shape index (κ2) is 7.04. The molecule has 0 heterocycles. The van der Waals surface area contributed by atoms with Gasteiger partial charge in [0.1, 0.15) is 4.90 Å². The smallest absolute Gasteiger partial charge is 0.242 e. The van der Waals surface area contributed by atoms with Crippen LogP contribution in [-0.2, 0) is 10.0 Å². The lowest BCUT2D eigenvalue weighted by Crippen LogP contribution is -2.38. The van der Waals surface area contributed by atoms with Gasteiger partial charge in [-0.05, 0) is 30.5 Å². The van der Waals surface area contributed by atoms with E-state index in [4.69, 9.17) is 11.6 Å². The molecule has 1 atom stereocenters. The average Bonchev–Trinajstić information content (AvgIpc) is 2.26. The minimum absolute atomic E-state index is 0.0135. The monoisotopic (exact) mass is 369 g/mol. The van der Waals surface area contributed by atoms with E-state index in [-0.39, 0.29) is 22.4 Å². The summed E-state index contributed by atoms with van der Waals surface area (Å²) in [6.07, 6.45) is 0.559. The Bertz CT molecular complexity index is 534. The first-order valence-electron chi connectivity index (χ1n) is 5.84. The summed E-state index contributed by atoms with van der Waals surface area (Å²) in [6, 6.07) is 4.05. The Morgan fingerprint density at radius 2 is 2.05 bits per heavy atom. The lowest BCUT2D eigenvalue weighted by atomic mass is 10.1. The lowest BCUT2D eigenvalue weighted by molar-refractivity contribution is 0.240. The molecule has 0 aliphatic heterocycles. The molecule has 0 amide bonds. The van der Waals surface area contributed by atoms with E-state index in [1.165, 1.54) is 12.1 Å². The molecular weight excluding hydrogens is 354 g/mol. The van der Waals surface area contributed by atoms with Gasteiger partial charge in [0.2, 0.25) is 10.0 Å². The zero-order valence-electron chi connectivity index (χ0n) is 10.7. The van der Waals surface area contributed by atoms with Crippen LogP contribution in [0.3, 0.4) is 0 Å². The van der Waals surface area contributed by atoms with Crippen LogP contribution in [-0.4, -0.2) is 26.2 Å². The van der Waals surface area contributed by atoms with Gasteiger partial charge in [-0.15, -0.1) is 0 Å². The largest absolute Gasteiger partial charge is 0.395 e. The van der Waals surface area contributed by atoms with Crippen molar-refractivity contribution in [3.63, 3.8) is 0 Å². The molecule has 1 aromatic carbocycles. The van der Waals surface area contributed by atoms with Gasteiger partial charge in [-0.25, -0.2) is 13.1 Å². The number of benzene rings is 1. The minimum Gasteiger partial charge on any atom is -0.395 e. The number of aliphatic hydroxyl groups is 1. The molecule has 108 valence electrons. The fraction of sp³-hybridized carbons (Fsp3) is 0.500. The molecule has 0 saturated carbocycles. The number of halogens is 2. The van der Waals surface area contributed by atoms with Crippen molar-refractivity contribution in [1.82, 2.24) is 4.72 Å². The number of aliphatic hydroxyl groups excluding tert-OH is 1. The molecule has 0 fully saturated rings. The van der Waals surface area contributed by atoms with E-state index in [1.807, 2.05) is 13.8 Å². The Morgan fingerprint density at radius 3 is 2.53 bits per heavy atom. The SMILES string of the molecule is CC(C)CC(CO)NS(=O)(=O)c1ccc(Br)cc1Cl. The molecule has 2 N–H and O–H groups in total. The first kappa shape index (κ1) is 16.9. The van der Waals surface area contributed by atoms with Gasteiger partial charge >= 0.3 is 0 Å². The Labute approximate surface area is 127 Å². The topological polar surface area (TPSA) is 66.4 Å². The molecule has 4 nitrogen and oxygen atoms in total. The predicted octanol–water partition coefficient (Wildman–Crippen LogP) is 2.79. The molecule has 0 aliphatic rings. The molecule has 1 rings (SSSR count). The van der Waals surface area contributed by atoms with Crippen molar-refractivity contribution in [3.8, 4) is 0 Å². The molecule has 19 heavy (non-hydrogen) atoms. The highest BCUT2D eigenvalue weighted by Gasteiger charge is 2.22. The number of hydrogen-bond donors (Lipinski definition) is 2. The van der Waals surface area contributed by atoms with E-state index in [2.05, 4.69) is 20.7 Å². The molecular formula is C12H17BrClNO3S. The maximum atomic E-state index is 12.2. The summed E-state index contributed by atoms with van der Waals surface area (Å²) in [4.78, 5) is 0.0135. The van der Waals surface area contributed by atoms with Crippen LogP contribution in [0.1, 0.15) is 20.3 Å². The van der Waals surface area contributed by atoms with Crippen LogP contribution < -0.4 is 4.72 Å². The van der Waals surface area contributed by atoms with E-state index in [0.717, 1.165) is 0 Å². The summed E-state index contributed by atoms with van der Waals surface area (Å²) in [5.74, 6) is 0.278. The molecule has 1 aromatic rings. The zero-order valence-corrected chi connectivity index (χ0v) is 13.9. The van der Waals surface area contributed by atoms with Crippen molar-refractivity contribution >= 4 is 37.6 Å². The van der Waals surface area contributed by atoms with E-state index in [1.54, 1.807) is 6.07 Å². The molecule has 0 bridgehead atoms. The van der Waals surface area contributed by atoms with Crippen molar-refractivity contribution in [1.29, 1.82) is 0 Å². The molecule has 0 spiro atoms. The maximum Gasteiger partial charge on any atom is 0.242 e. The number of rotatable bonds is 6. The van der Waals surface area contributed by atoms with Crippen molar-refractivity contribution in [3.05, 3.63) is 27.7 Å². The first-order chi connectivity index (χ1) is 8.76. The van der Waals surface area contributed by atoms with Gasteiger partial charge in [-0.1, -0.05) is 41.4 Å². The third-order valence-electron chi connectivity index (χ3n) is 2.48. The summed E-state index contributed by atoms with van der Waals surface area (Å²) in [7, 11) is -3.73. The van der Waals surface area contributed by atoms with E-state index in [0.29, 0.717) is 10.9 Å². The summed E-state index contributed by atoms with van der Waals surface area (Å²) in [6.45, 7) is 3.68. The van der Waals surface area contributed by atoms with Crippen molar-refractivity contribution in [2.45, 2.75) is 31.2 Å². The molecule has 0 radical (unpaired) electrons. The van der Waals surface area contributed by atoms with Crippen molar-refractivity contribution in [2.75, 3.05) is 6.61 Å². The summed E-state index contributed by atoms with van der Waals surface area (Å²) >= 11 is 9.16. The third kappa shape index (κ3) is 5.04. The van der Waals surface area contributed by atoms with Crippen LogP contribution in [0.4, 0.5) is 0 Å². The summed E-state index contributed by atoms with van der Waals surface area (Å²) in [5, 5.41) is 9.37. The standard InChI is InChI=1S/C12H17BrClNO3S/c1-8(2)5-10(7-16)15-19(17,18)12-4-3-9(13)6-11(12)14/h3-4,6,8,10,15-16H,5,7H2,1-2H3. The quantitative estimate of drug-likeness (QED) is 0.809. The fourth-order valence-electron chi connectivity index (χ4n) is 1.70. The van der Waals surface area contributed by atoms with Gasteiger partial charge in [0.25, 0.3) is 0 Å². The van der Waals surface area contributed by atoms with Gasteiger partial charge in [0.15, 0.2) is 0 Å². The molecule has 0 aromatic heterocycles. The van der Waals surface area contributed by atoms with Crippen LogP contribution in [0.2, 0.25) is 5.02 Å². The molecule has 1 unspecified atom stereocenters. The second-order valence-corrected chi connectivity index (χ2v) is 7.71. The van der Waals surface area contributed by atoms with Gasteiger partial charge < -0.3 is 5.11 Å². The molecule has 0 aliphatic carbocycles. The minimum atomic E-state index is -3.73. The first-order valence-corrected chi connectivity index (χ1v) is 8.50. The predicted molar refractivity (Wildman–Crippen MR) is 79.8 cm³/mol. The Hall–Kier alpha value is -0.140. The molecule has 7 heteroatoms. The zero-order chi connectivity index (χ0) is 14.6. The highest BCUT2D eigenvalue weighted by atomic mass is 79.9. The highest BCUT2D eigenvalue weighted by Crippen LogP contribution is 2.25. The highest BCUT2D eigenvalue weighted by molar-refractivity contribution is 9.10. The van der Waals surface area contributed by atoms with Gasteiger partial charge in [-0.3, -0.25) is 0 Å². The normalized spacial score (nSPS) is 13.8. The lowest BCUT2D eigenvalue weighted by Gasteiger charge is -2.18. The van der Waals surface area contributed by atoms with E-state index >= 15 is 0 Å². The molecule has 0 saturated heterocycles. The van der Waals surface area contributed by atoms with Gasteiger partial charge in [0, 0.05) is 10.5 Å². The Kier molecular flexibility index (Phi) is 6.26.